The summed E-state index contributed by atoms with van der Waals surface area (Å²) in [5.74, 6) is -1.15. The Bertz CT molecular complexity index is 662. The highest BCUT2D eigenvalue weighted by Gasteiger charge is 2.14. The Kier molecular flexibility index (Phi) is 4.06. The van der Waals surface area contributed by atoms with Crippen LogP contribution in [0.4, 0.5) is 4.39 Å². The number of rotatable bonds is 3. The third kappa shape index (κ3) is 2.98. The molecule has 4 nitrogen and oxygen atoms in total. The molecule has 0 fully saturated rings. The molecule has 0 radical (unpaired) electrons. The molecule has 1 atom stereocenters. The van der Waals surface area contributed by atoms with Gasteiger partial charge in [0.2, 0.25) is 0 Å². The summed E-state index contributed by atoms with van der Waals surface area (Å²) in [7, 11) is 0. The molecule has 2 rings (SSSR count). The first-order valence-electron chi connectivity index (χ1n) is 6.02. The van der Waals surface area contributed by atoms with Crippen molar-refractivity contribution in [3.63, 3.8) is 0 Å². The number of carbonyl (C=O) groups excluding carboxylic acids is 1. The molecule has 5 heteroatoms. The first kappa shape index (κ1) is 13.7. The number of benzene rings is 1. The largest absolute Gasteiger partial charge is 0.345 e. The maximum absolute atomic E-state index is 13.4. The number of carbonyl (C=O) groups is 1. The Morgan fingerprint density at radius 2 is 2.05 bits per heavy atom. The zero-order valence-electron chi connectivity index (χ0n) is 10.8. The van der Waals surface area contributed by atoms with Gasteiger partial charge in [-0.1, -0.05) is 12.1 Å². The Balaban J connectivity index is 2.11. The van der Waals surface area contributed by atoms with Crippen molar-refractivity contribution >= 4 is 5.91 Å². The summed E-state index contributed by atoms with van der Waals surface area (Å²) in [4.78, 5) is 15.5. The van der Waals surface area contributed by atoms with E-state index in [-0.39, 0.29) is 11.6 Å². The average molecular weight is 269 g/mol. The monoisotopic (exact) mass is 269 g/mol. The fraction of sp³-hybridized carbons (Fsp3) is 0.133. The normalized spacial score (nSPS) is 11.4. The maximum Gasteiger partial charge on any atom is 0.254 e. The van der Waals surface area contributed by atoms with Gasteiger partial charge in [0.25, 0.3) is 5.91 Å². The van der Waals surface area contributed by atoms with Gasteiger partial charge in [0, 0.05) is 6.20 Å². The lowest BCUT2D eigenvalue weighted by Gasteiger charge is -2.14. The lowest BCUT2D eigenvalue weighted by molar-refractivity contribution is 0.0935. The lowest BCUT2D eigenvalue weighted by Crippen LogP contribution is -2.27. The van der Waals surface area contributed by atoms with E-state index in [1.807, 2.05) is 6.07 Å². The van der Waals surface area contributed by atoms with Crippen molar-refractivity contribution in [3.8, 4) is 6.07 Å². The van der Waals surface area contributed by atoms with Crippen molar-refractivity contribution in [2.75, 3.05) is 0 Å². The number of pyridine rings is 1. The van der Waals surface area contributed by atoms with Crippen LogP contribution in [0.15, 0.2) is 42.7 Å². The molecule has 0 spiro atoms. The topological polar surface area (TPSA) is 65.8 Å². The summed E-state index contributed by atoms with van der Waals surface area (Å²) in [5, 5.41) is 11.4. The first-order chi connectivity index (χ1) is 9.61. The second kappa shape index (κ2) is 5.93. The van der Waals surface area contributed by atoms with E-state index < -0.39 is 11.7 Å². The lowest BCUT2D eigenvalue weighted by atomic mass is 10.1. The van der Waals surface area contributed by atoms with Gasteiger partial charge in [-0.3, -0.25) is 9.78 Å². The molecule has 1 unspecified atom stereocenters. The van der Waals surface area contributed by atoms with Gasteiger partial charge in [0.15, 0.2) is 5.82 Å². The zero-order chi connectivity index (χ0) is 14.5. The second-order valence-corrected chi connectivity index (χ2v) is 4.28. The molecule has 0 aliphatic rings. The summed E-state index contributed by atoms with van der Waals surface area (Å²) in [6.45, 7) is 1.79. The molecule has 0 aliphatic carbocycles. The van der Waals surface area contributed by atoms with E-state index in [9.17, 15) is 9.18 Å². The standard InChI is InChI=1S/C15H12FN3O/c1-10(12-4-2-11(8-17)3-5-12)19-15(20)13-6-7-18-9-14(13)16/h2-7,9-10H,1H3,(H,19,20). The van der Waals surface area contributed by atoms with Crippen molar-refractivity contribution in [3.05, 3.63) is 65.2 Å². The van der Waals surface area contributed by atoms with Gasteiger partial charge in [-0.25, -0.2) is 4.39 Å². The van der Waals surface area contributed by atoms with Crippen LogP contribution >= 0.6 is 0 Å². The second-order valence-electron chi connectivity index (χ2n) is 4.28. The number of hydrogen-bond donors (Lipinski definition) is 1. The first-order valence-corrected chi connectivity index (χ1v) is 6.02. The van der Waals surface area contributed by atoms with E-state index in [1.54, 1.807) is 31.2 Å². The summed E-state index contributed by atoms with van der Waals surface area (Å²) < 4.78 is 13.4. The summed E-state index contributed by atoms with van der Waals surface area (Å²) >= 11 is 0. The van der Waals surface area contributed by atoms with Crippen molar-refractivity contribution in [1.29, 1.82) is 5.26 Å². The van der Waals surface area contributed by atoms with E-state index >= 15 is 0 Å². The zero-order valence-corrected chi connectivity index (χ0v) is 10.8. The van der Waals surface area contributed by atoms with Crippen molar-refractivity contribution in [2.24, 2.45) is 0 Å². The third-order valence-corrected chi connectivity index (χ3v) is 2.90. The molecule has 1 heterocycles. The Labute approximate surface area is 115 Å². The average Bonchev–Trinajstić information content (AvgIpc) is 2.47. The number of nitrogens with zero attached hydrogens (tertiary/aromatic N) is 2. The van der Waals surface area contributed by atoms with E-state index in [2.05, 4.69) is 10.3 Å². The van der Waals surface area contributed by atoms with E-state index in [0.717, 1.165) is 11.8 Å². The molecular formula is C15H12FN3O. The minimum absolute atomic E-state index is 0.0412. The van der Waals surface area contributed by atoms with Crippen LogP contribution in [0.2, 0.25) is 0 Å². The maximum atomic E-state index is 13.4. The predicted octanol–water partition coefficient (Wildman–Crippen LogP) is 2.58. The molecule has 20 heavy (non-hydrogen) atoms. The Morgan fingerprint density at radius 1 is 1.35 bits per heavy atom. The van der Waals surface area contributed by atoms with Crippen molar-refractivity contribution < 1.29 is 9.18 Å². The fourth-order valence-corrected chi connectivity index (χ4v) is 1.76. The number of amides is 1. The summed E-state index contributed by atoms with van der Waals surface area (Å²) in [6.07, 6.45) is 2.37. The molecule has 1 amide bonds. The molecule has 0 saturated carbocycles. The van der Waals surface area contributed by atoms with E-state index in [4.69, 9.17) is 5.26 Å². The number of aromatic nitrogens is 1. The quantitative estimate of drug-likeness (QED) is 0.931. The highest BCUT2D eigenvalue weighted by molar-refractivity contribution is 5.94. The van der Waals surface area contributed by atoms with Crippen LogP contribution in [0.1, 0.15) is 34.5 Å². The van der Waals surface area contributed by atoms with E-state index in [0.29, 0.717) is 5.56 Å². The smallest absolute Gasteiger partial charge is 0.254 e. The molecular weight excluding hydrogens is 257 g/mol. The molecule has 0 bridgehead atoms. The summed E-state index contributed by atoms with van der Waals surface area (Å²) in [6, 6.07) is 9.92. The van der Waals surface area contributed by atoms with Crippen LogP contribution in [0.25, 0.3) is 0 Å². The van der Waals surface area contributed by atoms with Gasteiger partial charge in [-0.15, -0.1) is 0 Å². The van der Waals surface area contributed by atoms with Gasteiger partial charge in [0.1, 0.15) is 0 Å². The Hall–Kier alpha value is -2.74. The molecule has 1 aromatic carbocycles. The van der Waals surface area contributed by atoms with Crippen LogP contribution < -0.4 is 5.32 Å². The van der Waals surface area contributed by atoms with Gasteiger partial charge in [-0.05, 0) is 30.7 Å². The van der Waals surface area contributed by atoms with Crippen LogP contribution in [0, 0.1) is 17.1 Å². The molecule has 1 N–H and O–H groups in total. The molecule has 0 saturated heterocycles. The molecule has 100 valence electrons. The Morgan fingerprint density at radius 3 is 2.65 bits per heavy atom. The summed E-state index contributed by atoms with van der Waals surface area (Å²) in [5.41, 5.74) is 1.35. The van der Waals surface area contributed by atoms with Crippen LogP contribution in [0.5, 0.6) is 0 Å². The van der Waals surface area contributed by atoms with E-state index in [1.165, 1.54) is 12.3 Å². The molecule has 0 aliphatic heterocycles. The van der Waals surface area contributed by atoms with Crippen LogP contribution in [-0.4, -0.2) is 10.9 Å². The van der Waals surface area contributed by atoms with Crippen LogP contribution in [0.3, 0.4) is 0 Å². The fourth-order valence-electron chi connectivity index (χ4n) is 1.76. The number of hydrogen-bond acceptors (Lipinski definition) is 3. The third-order valence-electron chi connectivity index (χ3n) is 2.90. The van der Waals surface area contributed by atoms with Gasteiger partial charge < -0.3 is 5.32 Å². The molecule has 2 aromatic rings. The van der Waals surface area contributed by atoms with Crippen molar-refractivity contribution in [2.45, 2.75) is 13.0 Å². The number of nitriles is 1. The van der Waals surface area contributed by atoms with Crippen molar-refractivity contribution in [1.82, 2.24) is 10.3 Å². The minimum atomic E-state index is -0.656. The number of nitrogens with one attached hydrogen (secondary N) is 1. The van der Waals surface area contributed by atoms with Crippen LogP contribution in [-0.2, 0) is 0 Å². The van der Waals surface area contributed by atoms with Gasteiger partial charge >= 0.3 is 0 Å². The van der Waals surface area contributed by atoms with Gasteiger partial charge in [0.05, 0.1) is 29.4 Å². The highest BCUT2D eigenvalue weighted by Crippen LogP contribution is 2.14. The minimum Gasteiger partial charge on any atom is -0.345 e. The highest BCUT2D eigenvalue weighted by atomic mass is 19.1. The SMILES string of the molecule is CC(NC(=O)c1ccncc1F)c1ccc(C#N)cc1. The van der Waals surface area contributed by atoms with Gasteiger partial charge in [-0.2, -0.15) is 5.26 Å². The number of halogens is 1. The predicted molar refractivity (Wildman–Crippen MR) is 71.2 cm³/mol. The molecule has 1 aromatic heterocycles.